The maximum absolute atomic E-state index is 12.4. The predicted molar refractivity (Wildman–Crippen MR) is 66.6 cm³/mol. The van der Waals surface area contributed by atoms with E-state index in [1.165, 1.54) is 23.5 Å². The Balaban J connectivity index is 2.08. The number of hydrogen-bond donors (Lipinski definition) is 1. The van der Waals surface area contributed by atoms with Crippen LogP contribution in [0.4, 0.5) is 24.0 Å². The lowest BCUT2D eigenvalue weighted by atomic mass is 10.2. The molecular weight excluding hydrogens is 277 g/mol. The van der Waals surface area contributed by atoms with Gasteiger partial charge in [-0.1, -0.05) is 0 Å². The minimum absolute atomic E-state index is 0.227. The molecule has 0 atom stereocenters. The van der Waals surface area contributed by atoms with Crippen molar-refractivity contribution in [1.29, 1.82) is 0 Å². The van der Waals surface area contributed by atoms with Gasteiger partial charge in [0.2, 0.25) is 0 Å². The third-order valence-electron chi connectivity index (χ3n) is 2.31. The Morgan fingerprint density at radius 3 is 2.53 bits per heavy atom. The van der Waals surface area contributed by atoms with Crippen LogP contribution in [0.2, 0.25) is 0 Å². The van der Waals surface area contributed by atoms with Crippen molar-refractivity contribution in [3.63, 3.8) is 0 Å². The van der Waals surface area contributed by atoms with Crippen LogP contribution in [-0.2, 0) is 17.4 Å². The molecule has 0 radical (unpaired) electrons. The van der Waals surface area contributed by atoms with Crippen LogP contribution in [0.25, 0.3) is 0 Å². The number of nitrogens with one attached hydrogen (secondary N) is 1. The number of aldehydes is 1. The van der Waals surface area contributed by atoms with Gasteiger partial charge in [0.05, 0.1) is 11.3 Å². The number of hydrogen-bond acceptors (Lipinski definition) is 4. The van der Waals surface area contributed by atoms with Crippen molar-refractivity contribution < 1.29 is 18.0 Å². The summed E-state index contributed by atoms with van der Waals surface area (Å²) >= 11 is 1.29. The highest BCUT2D eigenvalue weighted by Crippen LogP contribution is 2.30. The highest BCUT2D eigenvalue weighted by molar-refractivity contribution is 7.13. The molecule has 1 aromatic heterocycles. The van der Waals surface area contributed by atoms with Crippen LogP contribution in [0.5, 0.6) is 0 Å². The van der Waals surface area contributed by atoms with Gasteiger partial charge in [0, 0.05) is 17.5 Å². The topological polar surface area (TPSA) is 42.0 Å². The van der Waals surface area contributed by atoms with Gasteiger partial charge in [0.25, 0.3) is 0 Å². The van der Waals surface area contributed by atoms with Crippen molar-refractivity contribution in [1.82, 2.24) is 4.98 Å². The molecule has 0 saturated heterocycles. The second-order valence-electron chi connectivity index (χ2n) is 3.71. The van der Waals surface area contributed by atoms with Crippen LogP contribution in [0.15, 0.2) is 29.6 Å². The molecule has 7 heteroatoms. The molecule has 2 rings (SSSR count). The van der Waals surface area contributed by atoms with E-state index in [0.29, 0.717) is 16.5 Å². The Bertz CT molecular complexity index is 563. The van der Waals surface area contributed by atoms with Gasteiger partial charge in [-0.25, -0.2) is 4.98 Å². The van der Waals surface area contributed by atoms with E-state index < -0.39 is 11.7 Å². The molecule has 1 heterocycles. The Labute approximate surface area is 111 Å². The van der Waals surface area contributed by atoms with Crippen molar-refractivity contribution in [2.24, 2.45) is 0 Å². The summed E-state index contributed by atoms with van der Waals surface area (Å²) in [6.45, 7) is 0. The van der Waals surface area contributed by atoms with Crippen molar-refractivity contribution in [3.05, 3.63) is 40.9 Å². The lowest BCUT2D eigenvalue weighted by Crippen LogP contribution is -2.04. The van der Waals surface area contributed by atoms with Gasteiger partial charge >= 0.3 is 6.18 Å². The monoisotopic (exact) mass is 286 g/mol. The first kappa shape index (κ1) is 13.5. The lowest BCUT2D eigenvalue weighted by Gasteiger charge is -2.07. The summed E-state index contributed by atoms with van der Waals surface area (Å²) in [4.78, 5) is 14.4. The number of aromatic nitrogens is 1. The van der Waals surface area contributed by atoms with Gasteiger partial charge in [-0.3, -0.25) is 0 Å². The van der Waals surface area contributed by atoms with Gasteiger partial charge in [0.15, 0.2) is 5.13 Å². The summed E-state index contributed by atoms with van der Waals surface area (Å²) < 4.78 is 37.1. The summed E-state index contributed by atoms with van der Waals surface area (Å²) in [5, 5.41) is 5.15. The zero-order valence-corrected chi connectivity index (χ0v) is 10.4. The highest BCUT2D eigenvalue weighted by atomic mass is 32.1. The first-order valence-electron chi connectivity index (χ1n) is 5.31. The second kappa shape index (κ2) is 5.40. The third kappa shape index (κ3) is 3.54. The molecule has 2 aromatic rings. The number of carbonyl (C=O) groups is 1. The Morgan fingerprint density at radius 1 is 1.26 bits per heavy atom. The Morgan fingerprint density at radius 2 is 1.95 bits per heavy atom. The zero-order chi connectivity index (χ0) is 13.9. The van der Waals surface area contributed by atoms with Gasteiger partial charge in [-0.05, 0) is 24.3 Å². The molecule has 0 aliphatic heterocycles. The van der Waals surface area contributed by atoms with E-state index in [2.05, 4.69) is 10.3 Å². The highest BCUT2D eigenvalue weighted by Gasteiger charge is 2.29. The quantitative estimate of drug-likeness (QED) is 0.872. The summed E-state index contributed by atoms with van der Waals surface area (Å²) in [7, 11) is 0. The van der Waals surface area contributed by atoms with E-state index in [-0.39, 0.29) is 6.42 Å². The molecule has 3 nitrogen and oxygen atoms in total. The molecule has 1 aromatic carbocycles. The number of anilines is 2. The molecule has 0 aliphatic rings. The number of halogens is 3. The average molecular weight is 286 g/mol. The first-order chi connectivity index (χ1) is 8.99. The molecule has 19 heavy (non-hydrogen) atoms. The molecule has 0 saturated carbocycles. The SMILES string of the molecule is O=CCc1csc(Nc2ccc(C(F)(F)F)cc2)n1. The van der Waals surface area contributed by atoms with Crippen LogP contribution in [0.1, 0.15) is 11.3 Å². The number of carbonyl (C=O) groups excluding carboxylic acids is 1. The number of rotatable bonds is 4. The minimum Gasteiger partial charge on any atom is -0.332 e. The zero-order valence-electron chi connectivity index (χ0n) is 9.57. The number of thiazole rings is 1. The van der Waals surface area contributed by atoms with Gasteiger partial charge < -0.3 is 10.1 Å². The van der Waals surface area contributed by atoms with Crippen molar-refractivity contribution >= 4 is 28.4 Å². The molecule has 0 amide bonds. The van der Waals surface area contributed by atoms with Crippen molar-refractivity contribution in [2.75, 3.05) is 5.32 Å². The van der Waals surface area contributed by atoms with Crippen LogP contribution >= 0.6 is 11.3 Å². The summed E-state index contributed by atoms with van der Waals surface area (Å²) in [5.74, 6) is 0. The van der Waals surface area contributed by atoms with E-state index in [1.807, 2.05) is 0 Å². The van der Waals surface area contributed by atoms with Crippen LogP contribution in [0.3, 0.4) is 0 Å². The Hall–Kier alpha value is -1.89. The van der Waals surface area contributed by atoms with Crippen molar-refractivity contribution in [3.8, 4) is 0 Å². The lowest BCUT2D eigenvalue weighted by molar-refractivity contribution is -0.137. The van der Waals surface area contributed by atoms with E-state index in [9.17, 15) is 18.0 Å². The summed E-state index contributed by atoms with van der Waals surface area (Å²) in [5.41, 5.74) is 0.452. The number of nitrogens with zero attached hydrogens (tertiary/aromatic N) is 1. The molecule has 0 unspecified atom stereocenters. The predicted octanol–water partition coefficient (Wildman–Crippen LogP) is 3.65. The van der Waals surface area contributed by atoms with Gasteiger partial charge in [0.1, 0.15) is 6.29 Å². The molecule has 0 spiro atoms. The minimum atomic E-state index is -4.34. The fourth-order valence-corrected chi connectivity index (χ4v) is 2.15. The molecular formula is C12H9F3N2OS. The largest absolute Gasteiger partial charge is 0.416 e. The van der Waals surface area contributed by atoms with Crippen molar-refractivity contribution in [2.45, 2.75) is 12.6 Å². The number of alkyl halides is 3. The normalized spacial score (nSPS) is 11.3. The van der Waals surface area contributed by atoms with E-state index >= 15 is 0 Å². The smallest absolute Gasteiger partial charge is 0.332 e. The fourth-order valence-electron chi connectivity index (χ4n) is 1.41. The Kier molecular flexibility index (Phi) is 3.84. The average Bonchev–Trinajstić information content (AvgIpc) is 2.77. The van der Waals surface area contributed by atoms with E-state index in [4.69, 9.17) is 0 Å². The van der Waals surface area contributed by atoms with Gasteiger partial charge in [-0.2, -0.15) is 13.2 Å². The van der Waals surface area contributed by atoms with Crippen LogP contribution < -0.4 is 5.32 Å². The van der Waals surface area contributed by atoms with Crippen LogP contribution in [0, 0.1) is 0 Å². The van der Waals surface area contributed by atoms with E-state index in [0.717, 1.165) is 18.4 Å². The third-order valence-corrected chi connectivity index (χ3v) is 3.11. The fraction of sp³-hybridized carbons (Fsp3) is 0.167. The maximum atomic E-state index is 12.4. The molecule has 0 bridgehead atoms. The standard InChI is InChI=1S/C12H9F3N2OS/c13-12(14,15)8-1-3-9(4-2-8)16-11-17-10(5-6-18)7-19-11/h1-4,6-7H,5H2,(H,16,17). The molecule has 0 fully saturated rings. The first-order valence-corrected chi connectivity index (χ1v) is 6.19. The van der Waals surface area contributed by atoms with Crippen LogP contribution in [-0.4, -0.2) is 11.3 Å². The van der Waals surface area contributed by atoms with Gasteiger partial charge in [-0.15, -0.1) is 11.3 Å². The maximum Gasteiger partial charge on any atom is 0.416 e. The second-order valence-corrected chi connectivity index (χ2v) is 4.57. The number of benzene rings is 1. The molecule has 0 aliphatic carbocycles. The molecule has 100 valence electrons. The summed E-state index contributed by atoms with van der Waals surface area (Å²) in [6, 6.07) is 4.68. The molecule has 1 N–H and O–H groups in total. The summed E-state index contributed by atoms with van der Waals surface area (Å²) in [6.07, 6.45) is -3.36. The van der Waals surface area contributed by atoms with E-state index in [1.54, 1.807) is 5.38 Å².